The van der Waals surface area contributed by atoms with Crippen LogP contribution in [0.3, 0.4) is 0 Å². The maximum Gasteiger partial charge on any atom is 0.129 e. The smallest absolute Gasteiger partial charge is 0.129 e. The number of piperidine rings is 1. The summed E-state index contributed by atoms with van der Waals surface area (Å²) in [6.45, 7) is 4.85. The van der Waals surface area contributed by atoms with Gasteiger partial charge in [-0.25, -0.2) is 9.37 Å². The predicted molar refractivity (Wildman–Crippen MR) is 93.6 cm³/mol. The number of hydrogen-bond acceptors (Lipinski definition) is 3. The molecule has 0 N–H and O–H groups in total. The summed E-state index contributed by atoms with van der Waals surface area (Å²) in [6.07, 6.45) is 10.4. The Morgan fingerprint density at radius 2 is 1.88 bits per heavy atom. The molecule has 2 aromatic rings. The Bertz CT molecular complexity index is 656. The van der Waals surface area contributed by atoms with E-state index in [-0.39, 0.29) is 5.82 Å². The van der Waals surface area contributed by atoms with Crippen molar-refractivity contribution in [2.45, 2.75) is 38.3 Å². The standard InChI is InChI=1S/C19H25FN4/c20-18-4-3-5-19(23-9-1-2-10-23)17(18)14-22-11-6-16(7-12-22)24-13-8-21-15-24/h3-5,8,13,15-16H,1-2,6-7,9-12,14H2. The highest BCUT2D eigenvalue weighted by Gasteiger charge is 2.24. The van der Waals surface area contributed by atoms with Gasteiger partial charge in [-0.1, -0.05) is 6.07 Å². The van der Waals surface area contributed by atoms with Gasteiger partial charge in [-0.15, -0.1) is 0 Å². The van der Waals surface area contributed by atoms with E-state index in [0.717, 1.165) is 56.8 Å². The van der Waals surface area contributed by atoms with E-state index in [2.05, 4.69) is 25.4 Å². The minimum absolute atomic E-state index is 0.0591. The molecule has 0 saturated carbocycles. The lowest BCUT2D eigenvalue weighted by molar-refractivity contribution is 0.178. The van der Waals surface area contributed by atoms with E-state index in [0.29, 0.717) is 6.04 Å². The van der Waals surface area contributed by atoms with Crippen LogP contribution in [0.15, 0.2) is 36.9 Å². The minimum atomic E-state index is -0.0591. The highest BCUT2D eigenvalue weighted by atomic mass is 19.1. The number of benzene rings is 1. The summed E-state index contributed by atoms with van der Waals surface area (Å²) < 4.78 is 16.7. The van der Waals surface area contributed by atoms with Crippen molar-refractivity contribution in [3.8, 4) is 0 Å². The maximum atomic E-state index is 14.5. The highest BCUT2D eigenvalue weighted by Crippen LogP contribution is 2.30. The van der Waals surface area contributed by atoms with Crippen LogP contribution in [0, 0.1) is 5.82 Å². The van der Waals surface area contributed by atoms with Crippen LogP contribution in [-0.2, 0) is 6.54 Å². The quantitative estimate of drug-likeness (QED) is 0.859. The average Bonchev–Trinajstić information content (AvgIpc) is 3.31. The highest BCUT2D eigenvalue weighted by molar-refractivity contribution is 5.54. The van der Waals surface area contributed by atoms with Crippen LogP contribution in [0.25, 0.3) is 0 Å². The summed E-state index contributed by atoms with van der Waals surface area (Å²) in [5.74, 6) is -0.0591. The van der Waals surface area contributed by atoms with Crippen LogP contribution in [0.4, 0.5) is 10.1 Å². The molecule has 2 fully saturated rings. The second kappa shape index (κ2) is 6.93. The van der Waals surface area contributed by atoms with Gasteiger partial charge in [-0.3, -0.25) is 4.90 Å². The first-order valence-corrected chi connectivity index (χ1v) is 9.03. The van der Waals surface area contributed by atoms with Crippen LogP contribution < -0.4 is 4.90 Å². The molecule has 2 aliphatic rings. The molecule has 0 unspecified atom stereocenters. The minimum Gasteiger partial charge on any atom is -0.371 e. The second-order valence-electron chi connectivity index (χ2n) is 6.95. The molecule has 24 heavy (non-hydrogen) atoms. The van der Waals surface area contributed by atoms with Crippen molar-refractivity contribution in [3.05, 3.63) is 48.3 Å². The van der Waals surface area contributed by atoms with Crippen molar-refractivity contribution in [2.24, 2.45) is 0 Å². The molecule has 1 aromatic heterocycles. The molecular formula is C19H25FN4. The first-order chi connectivity index (χ1) is 11.8. The van der Waals surface area contributed by atoms with Crippen molar-refractivity contribution < 1.29 is 4.39 Å². The van der Waals surface area contributed by atoms with E-state index < -0.39 is 0 Å². The van der Waals surface area contributed by atoms with Crippen molar-refractivity contribution in [3.63, 3.8) is 0 Å². The predicted octanol–water partition coefficient (Wildman–Crippen LogP) is 3.46. The third-order valence-electron chi connectivity index (χ3n) is 5.43. The molecule has 4 rings (SSSR count). The number of imidazole rings is 1. The zero-order valence-corrected chi connectivity index (χ0v) is 14.1. The number of hydrogen-bond donors (Lipinski definition) is 0. The van der Waals surface area contributed by atoms with E-state index in [1.54, 1.807) is 6.07 Å². The Balaban J connectivity index is 1.44. The van der Waals surface area contributed by atoms with Gasteiger partial charge in [0, 0.05) is 62.4 Å². The zero-order valence-electron chi connectivity index (χ0n) is 14.1. The van der Waals surface area contributed by atoms with Crippen molar-refractivity contribution in [2.75, 3.05) is 31.1 Å². The van der Waals surface area contributed by atoms with Crippen molar-refractivity contribution in [1.29, 1.82) is 0 Å². The SMILES string of the molecule is Fc1cccc(N2CCCC2)c1CN1CCC(n2ccnc2)CC1. The molecule has 0 bridgehead atoms. The molecule has 0 spiro atoms. The van der Waals surface area contributed by atoms with E-state index in [1.807, 2.05) is 24.8 Å². The summed E-state index contributed by atoms with van der Waals surface area (Å²) in [5.41, 5.74) is 1.98. The summed E-state index contributed by atoms with van der Waals surface area (Å²) in [5, 5.41) is 0. The lowest BCUT2D eigenvalue weighted by Crippen LogP contribution is -2.34. The van der Waals surface area contributed by atoms with Gasteiger partial charge in [0.25, 0.3) is 0 Å². The monoisotopic (exact) mass is 328 g/mol. The van der Waals surface area contributed by atoms with Gasteiger partial charge in [0.15, 0.2) is 0 Å². The molecule has 0 aliphatic carbocycles. The lowest BCUT2D eigenvalue weighted by atomic mass is 10.0. The van der Waals surface area contributed by atoms with Gasteiger partial charge >= 0.3 is 0 Å². The van der Waals surface area contributed by atoms with E-state index in [9.17, 15) is 4.39 Å². The summed E-state index contributed by atoms with van der Waals surface area (Å²) in [6, 6.07) is 6.06. The molecule has 3 heterocycles. The first kappa shape index (κ1) is 15.6. The molecule has 2 saturated heterocycles. The third kappa shape index (κ3) is 3.18. The third-order valence-corrected chi connectivity index (χ3v) is 5.43. The Kier molecular flexibility index (Phi) is 4.52. The van der Waals surface area contributed by atoms with Crippen molar-refractivity contribution in [1.82, 2.24) is 14.5 Å². The number of aromatic nitrogens is 2. The normalized spacial score (nSPS) is 20.0. The summed E-state index contributed by atoms with van der Waals surface area (Å²) in [7, 11) is 0. The maximum absolute atomic E-state index is 14.5. The molecular weight excluding hydrogens is 303 g/mol. The van der Waals surface area contributed by atoms with Gasteiger partial charge in [0.05, 0.1) is 6.33 Å². The van der Waals surface area contributed by atoms with Crippen LogP contribution in [-0.4, -0.2) is 40.6 Å². The van der Waals surface area contributed by atoms with Gasteiger partial charge < -0.3 is 9.47 Å². The van der Waals surface area contributed by atoms with Crippen LogP contribution in [0.2, 0.25) is 0 Å². The van der Waals surface area contributed by atoms with Gasteiger partial charge in [-0.05, 0) is 37.8 Å². The molecule has 0 atom stereocenters. The number of rotatable bonds is 4. The lowest BCUT2D eigenvalue weighted by Gasteiger charge is -2.33. The summed E-state index contributed by atoms with van der Waals surface area (Å²) >= 11 is 0. The molecule has 0 radical (unpaired) electrons. The van der Waals surface area contributed by atoms with E-state index in [4.69, 9.17) is 0 Å². The average molecular weight is 328 g/mol. The fraction of sp³-hybridized carbons (Fsp3) is 0.526. The second-order valence-corrected chi connectivity index (χ2v) is 6.95. The number of likely N-dealkylation sites (tertiary alicyclic amines) is 1. The Morgan fingerprint density at radius 1 is 1.08 bits per heavy atom. The van der Waals surface area contributed by atoms with E-state index >= 15 is 0 Å². The van der Waals surface area contributed by atoms with Gasteiger partial charge in [0.2, 0.25) is 0 Å². The Hall–Kier alpha value is -1.88. The molecule has 128 valence electrons. The number of halogens is 1. The van der Waals surface area contributed by atoms with Crippen LogP contribution >= 0.6 is 0 Å². The van der Waals surface area contributed by atoms with E-state index in [1.165, 1.54) is 12.8 Å². The molecule has 4 nitrogen and oxygen atoms in total. The molecule has 2 aliphatic heterocycles. The van der Waals surface area contributed by atoms with Gasteiger partial charge in [-0.2, -0.15) is 0 Å². The molecule has 5 heteroatoms. The number of anilines is 1. The topological polar surface area (TPSA) is 24.3 Å². The fourth-order valence-corrected chi connectivity index (χ4v) is 4.04. The summed E-state index contributed by atoms with van der Waals surface area (Å²) in [4.78, 5) is 8.88. The zero-order chi connectivity index (χ0) is 16.4. The van der Waals surface area contributed by atoms with Gasteiger partial charge in [0.1, 0.15) is 5.82 Å². The van der Waals surface area contributed by atoms with Crippen molar-refractivity contribution >= 4 is 5.69 Å². The molecule has 1 aromatic carbocycles. The molecule has 0 amide bonds. The van der Waals surface area contributed by atoms with Crippen LogP contribution in [0.1, 0.15) is 37.3 Å². The van der Waals surface area contributed by atoms with Crippen LogP contribution in [0.5, 0.6) is 0 Å². The largest absolute Gasteiger partial charge is 0.371 e. The Labute approximate surface area is 142 Å². The Morgan fingerprint density at radius 3 is 2.58 bits per heavy atom. The first-order valence-electron chi connectivity index (χ1n) is 9.03. The fourth-order valence-electron chi connectivity index (χ4n) is 4.04. The number of nitrogens with zero attached hydrogens (tertiary/aromatic N) is 4.